The number of hydrogen-bond acceptors (Lipinski definition) is 6. The van der Waals surface area contributed by atoms with Crippen LogP contribution in [0, 0.1) is 12.8 Å². The minimum atomic E-state index is -0.467. The fourth-order valence-electron chi connectivity index (χ4n) is 2.49. The molecule has 0 atom stereocenters. The van der Waals surface area contributed by atoms with E-state index in [1.165, 1.54) is 11.8 Å². The van der Waals surface area contributed by atoms with Gasteiger partial charge >= 0.3 is 6.03 Å². The average molecular weight is 415 g/mol. The molecule has 2 aromatic heterocycles. The van der Waals surface area contributed by atoms with E-state index in [1.54, 1.807) is 11.3 Å². The Balaban J connectivity index is 1.71. The van der Waals surface area contributed by atoms with Gasteiger partial charge in [-0.2, -0.15) is 0 Å². The van der Waals surface area contributed by atoms with Crippen molar-refractivity contribution in [2.24, 2.45) is 5.92 Å². The quantitative estimate of drug-likeness (QED) is 0.466. The third-order valence-electron chi connectivity index (χ3n) is 3.79. The second-order valence-electron chi connectivity index (χ2n) is 6.71. The molecule has 0 fully saturated rings. The molecule has 3 amide bonds. The minimum Gasteiger partial charge on any atom is -0.338 e. The van der Waals surface area contributed by atoms with Crippen LogP contribution in [0.25, 0.3) is 20.7 Å². The van der Waals surface area contributed by atoms with E-state index >= 15 is 0 Å². The summed E-state index contributed by atoms with van der Waals surface area (Å²) in [4.78, 5) is 34.8. The van der Waals surface area contributed by atoms with E-state index in [0.29, 0.717) is 18.3 Å². The van der Waals surface area contributed by atoms with Crippen molar-refractivity contribution in [3.05, 3.63) is 42.2 Å². The minimum absolute atomic E-state index is 0.108. The summed E-state index contributed by atoms with van der Waals surface area (Å²) in [6.45, 7) is 6.34. The lowest BCUT2D eigenvalue weighted by Crippen LogP contribution is -2.41. The Morgan fingerprint density at radius 1 is 1.18 bits per heavy atom. The lowest BCUT2D eigenvalue weighted by Gasteiger charge is -2.08. The highest BCUT2D eigenvalue weighted by atomic mass is 32.2. The Bertz CT molecular complexity index is 987. The molecule has 0 saturated carbocycles. The number of urea groups is 1. The summed E-state index contributed by atoms with van der Waals surface area (Å²) in [5.74, 6) is 0.739. The Morgan fingerprint density at radius 3 is 2.64 bits per heavy atom. The third kappa shape index (κ3) is 5.30. The summed E-state index contributed by atoms with van der Waals surface area (Å²) in [5.41, 5.74) is 1.12. The number of carbonyl (C=O) groups is 2. The smallest absolute Gasteiger partial charge is 0.321 e. The first-order chi connectivity index (χ1) is 13.4. The van der Waals surface area contributed by atoms with E-state index in [1.807, 2.05) is 39.0 Å². The summed E-state index contributed by atoms with van der Waals surface area (Å²) in [6.07, 6.45) is 0. The van der Waals surface area contributed by atoms with E-state index in [0.717, 1.165) is 25.7 Å². The molecule has 0 aliphatic rings. The van der Waals surface area contributed by atoms with Gasteiger partial charge in [-0.3, -0.25) is 10.1 Å². The molecule has 0 radical (unpaired) electrons. The van der Waals surface area contributed by atoms with Gasteiger partial charge in [-0.25, -0.2) is 14.8 Å². The molecule has 3 rings (SSSR count). The standard InChI is InChI=1S/C20H22N4O2S2/c1-12(2)10-21-20(26)24-17(25)11-27-18-15-9-16(14-7-5-4-6-8-14)28-19(15)23-13(3)22-18/h4-9,12H,10-11H2,1-3H3,(H2,21,24,25,26). The first-order valence-corrected chi connectivity index (χ1v) is 10.8. The topological polar surface area (TPSA) is 84.0 Å². The van der Waals surface area contributed by atoms with E-state index in [-0.39, 0.29) is 11.7 Å². The number of thioether (sulfide) groups is 1. The molecule has 0 saturated heterocycles. The summed E-state index contributed by atoms with van der Waals surface area (Å²) in [6, 6.07) is 11.7. The zero-order valence-electron chi connectivity index (χ0n) is 16.0. The summed E-state index contributed by atoms with van der Waals surface area (Å²) in [5, 5.41) is 6.69. The number of nitrogens with zero attached hydrogens (tertiary/aromatic N) is 2. The number of thiophene rings is 1. The van der Waals surface area contributed by atoms with Crippen molar-refractivity contribution >= 4 is 45.3 Å². The van der Waals surface area contributed by atoms with Gasteiger partial charge in [0.1, 0.15) is 15.7 Å². The van der Waals surface area contributed by atoms with Crippen molar-refractivity contribution in [3.63, 3.8) is 0 Å². The molecule has 6 nitrogen and oxygen atoms in total. The number of aryl methyl sites for hydroxylation is 1. The molecule has 0 aliphatic carbocycles. The summed E-state index contributed by atoms with van der Waals surface area (Å²) in [7, 11) is 0. The number of fused-ring (bicyclic) bond motifs is 1. The molecule has 3 aromatic rings. The highest BCUT2D eigenvalue weighted by Gasteiger charge is 2.14. The Labute approximate surface area is 172 Å². The highest BCUT2D eigenvalue weighted by molar-refractivity contribution is 8.00. The van der Waals surface area contributed by atoms with Crippen molar-refractivity contribution in [2.45, 2.75) is 25.8 Å². The zero-order valence-corrected chi connectivity index (χ0v) is 17.6. The van der Waals surface area contributed by atoms with Gasteiger partial charge in [0.2, 0.25) is 5.91 Å². The van der Waals surface area contributed by atoms with Crippen molar-refractivity contribution in [1.29, 1.82) is 0 Å². The number of imide groups is 1. The Morgan fingerprint density at radius 2 is 1.93 bits per heavy atom. The number of nitrogens with one attached hydrogen (secondary N) is 2. The average Bonchev–Trinajstić information content (AvgIpc) is 3.09. The number of aromatic nitrogens is 2. The second-order valence-corrected chi connectivity index (χ2v) is 8.71. The zero-order chi connectivity index (χ0) is 20.1. The SMILES string of the molecule is Cc1nc(SCC(=O)NC(=O)NCC(C)C)c2cc(-c3ccccc3)sc2n1. The van der Waals surface area contributed by atoms with Crippen molar-refractivity contribution in [2.75, 3.05) is 12.3 Å². The van der Waals surface area contributed by atoms with E-state index in [9.17, 15) is 9.59 Å². The molecule has 8 heteroatoms. The van der Waals surface area contributed by atoms with Gasteiger partial charge in [0.15, 0.2) is 0 Å². The molecule has 0 bridgehead atoms. The third-order valence-corrected chi connectivity index (χ3v) is 5.86. The molecule has 1 aromatic carbocycles. The monoisotopic (exact) mass is 414 g/mol. The van der Waals surface area contributed by atoms with Crippen molar-refractivity contribution in [1.82, 2.24) is 20.6 Å². The van der Waals surface area contributed by atoms with Crippen LogP contribution in [0.1, 0.15) is 19.7 Å². The maximum absolute atomic E-state index is 12.1. The maximum Gasteiger partial charge on any atom is 0.321 e. The van der Waals surface area contributed by atoms with E-state index in [2.05, 4.69) is 38.8 Å². The van der Waals surface area contributed by atoms with Gasteiger partial charge in [-0.1, -0.05) is 55.9 Å². The van der Waals surface area contributed by atoms with Crippen LogP contribution >= 0.6 is 23.1 Å². The molecule has 0 aliphatic heterocycles. The normalized spacial score (nSPS) is 11.0. The molecule has 0 spiro atoms. The van der Waals surface area contributed by atoms with Crippen LogP contribution in [-0.2, 0) is 4.79 Å². The van der Waals surface area contributed by atoms with Crippen molar-refractivity contribution in [3.8, 4) is 10.4 Å². The number of carbonyl (C=O) groups excluding carboxylic acids is 2. The molecule has 2 N–H and O–H groups in total. The first kappa shape index (κ1) is 20.3. The molecule has 2 heterocycles. The fraction of sp³-hybridized carbons (Fsp3) is 0.300. The lowest BCUT2D eigenvalue weighted by atomic mass is 10.2. The number of hydrogen-bond donors (Lipinski definition) is 2. The largest absolute Gasteiger partial charge is 0.338 e. The molecular weight excluding hydrogens is 392 g/mol. The van der Waals surface area contributed by atoms with Gasteiger partial charge in [0.05, 0.1) is 5.75 Å². The lowest BCUT2D eigenvalue weighted by molar-refractivity contribution is -0.117. The highest BCUT2D eigenvalue weighted by Crippen LogP contribution is 2.36. The molecular formula is C20H22N4O2S2. The van der Waals surface area contributed by atoms with Crippen LogP contribution in [0.4, 0.5) is 4.79 Å². The van der Waals surface area contributed by atoms with Gasteiger partial charge in [-0.15, -0.1) is 11.3 Å². The number of rotatable bonds is 6. The Hall–Kier alpha value is -2.45. The van der Waals surface area contributed by atoms with Gasteiger partial charge in [0.25, 0.3) is 0 Å². The number of benzene rings is 1. The van der Waals surface area contributed by atoms with Gasteiger partial charge < -0.3 is 5.32 Å². The Kier molecular flexibility index (Phi) is 6.64. The predicted molar refractivity (Wildman–Crippen MR) is 115 cm³/mol. The molecule has 0 unspecified atom stereocenters. The van der Waals surface area contributed by atoms with E-state index < -0.39 is 6.03 Å². The van der Waals surface area contributed by atoms with Crippen LogP contribution in [0.15, 0.2) is 41.4 Å². The van der Waals surface area contributed by atoms with Gasteiger partial charge in [-0.05, 0) is 24.5 Å². The second kappa shape index (κ2) is 9.16. The van der Waals surface area contributed by atoms with Crippen LogP contribution in [0.5, 0.6) is 0 Å². The van der Waals surface area contributed by atoms with Crippen LogP contribution in [0.3, 0.4) is 0 Å². The first-order valence-electron chi connectivity index (χ1n) is 8.96. The maximum atomic E-state index is 12.1. The fourth-order valence-corrected chi connectivity index (χ4v) is 4.48. The summed E-state index contributed by atoms with van der Waals surface area (Å²) < 4.78 is 0. The molecule has 146 valence electrons. The molecule has 28 heavy (non-hydrogen) atoms. The predicted octanol–water partition coefficient (Wildman–Crippen LogP) is 4.24. The summed E-state index contributed by atoms with van der Waals surface area (Å²) >= 11 is 2.91. The van der Waals surface area contributed by atoms with Crippen LogP contribution < -0.4 is 10.6 Å². The number of amides is 3. The van der Waals surface area contributed by atoms with Crippen LogP contribution in [0.2, 0.25) is 0 Å². The van der Waals surface area contributed by atoms with E-state index in [4.69, 9.17) is 0 Å². The van der Waals surface area contributed by atoms with Crippen LogP contribution in [-0.4, -0.2) is 34.2 Å². The van der Waals surface area contributed by atoms with Crippen molar-refractivity contribution < 1.29 is 9.59 Å². The van der Waals surface area contributed by atoms with Gasteiger partial charge in [0, 0.05) is 16.8 Å².